The largest absolute Gasteiger partial charge is 0.368 e. The lowest BCUT2D eigenvalue weighted by Crippen LogP contribution is -2.59. The molecular formula is C22H34N8O7. The predicted octanol–water partition coefficient (Wildman–Crippen LogP) is -3.30. The topological polar surface area (TPSA) is 248 Å². The first-order valence-electron chi connectivity index (χ1n) is 11.6. The molecule has 5 atom stereocenters. The Morgan fingerprint density at radius 3 is 2.08 bits per heavy atom. The van der Waals surface area contributed by atoms with E-state index in [0.29, 0.717) is 24.7 Å². The van der Waals surface area contributed by atoms with Gasteiger partial charge in [-0.1, -0.05) is 6.92 Å². The second-order valence-corrected chi connectivity index (χ2v) is 8.36. The molecule has 5 unspecified atom stereocenters. The molecule has 0 fully saturated rings. The summed E-state index contributed by atoms with van der Waals surface area (Å²) >= 11 is 0. The first kappa shape index (κ1) is 30.9. The predicted molar refractivity (Wildman–Crippen MR) is 129 cm³/mol. The molecule has 37 heavy (non-hydrogen) atoms. The third-order valence-electron chi connectivity index (χ3n) is 5.33. The average Bonchev–Trinajstić information content (AvgIpc) is 3.35. The van der Waals surface area contributed by atoms with Gasteiger partial charge in [0.05, 0.1) is 18.8 Å². The van der Waals surface area contributed by atoms with Gasteiger partial charge in [0.1, 0.15) is 30.7 Å². The van der Waals surface area contributed by atoms with Crippen molar-refractivity contribution in [2.75, 3.05) is 0 Å². The van der Waals surface area contributed by atoms with Crippen molar-refractivity contribution < 1.29 is 33.6 Å². The first-order chi connectivity index (χ1) is 17.5. The average molecular weight is 523 g/mol. The molecule has 9 N–H and O–H groups in total. The van der Waals surface area contributed by atoms with Gasteiger partial charge in [0.25, 0.3) is 0 Å². The van der Waals surface area contributed by atoms with Crippen LogP contribution in [-0.4, -0.2) is 82.3 Å². The van der Waals surface area contributed by atoms with Crippen LogP contribution < -0.4 is 32.7 Å². The number of amides is 5. The van der Waals surface area contributed by atoms with E-state index in [9.17, 15) is 33.6 Å². The van der Waals surface area contributed by atoms with Crippen LogP contribution in [0.4, 0.5) is 0 Å². The Hall–Kier alpha value is -4.14. The molecule has 0 aliphatic heterocycles. The number of aromatic nitrogens is 2. The van der Waals surface area contributed by atoms with Gasteiger partial charge in [0.2, 0.25) is 29.5 Å². The Labute approximate surface area is 213 Å². The molecule has 0 bridgehead atoms. The second kappa shape index (κ2) is 15.8. The highest BCUT2D eigenvalue weighted by Gasteiger charge is 2.31. The number of carbonyl (C=O) groups excluding carboxylic acids is 7. The molecule has 204 valence electrons. The standard InChI is InChI=1S/C22H34N8O7/c1-3-12(2)27-18(33)9-17(22(37)28-15(5-7-32)19(24)34)30-21(36)16(8-13-10-25-11-26-13)29-20(35)14(23)4-6-31/h6-7,10-12,14-17H,3-5,8-9,23H2,1-2H3,(H2,24,34)(H,25,26)(H,27,33)(H,28,37)(H,29,35)(H,30,36). The zero-order valence-corrected chi connectivity index (χ0v) is 20.7. The monoisotopic (exact) mass is 522 g/mol. The van der Waals surface area contributed by atoms with Crippen molar-refractivity contribution in [3.05, 3.63) is 18.2 Å². The SMILES string of the molecule is CCC(C)NC(=O)CC(NC(=O)C(Cc1cnc[nH]1)NC(=O)C(N)CC=O)C(=O)NC(CC=O)C(N)=O. The number of imidazole rings is 1. The van der Waals surface area contributed by atoms with Crippen LogP contribution in [0.1, 0.15) is 45.2 Å². The van der Waals surface area contributed by atoms with Crippen LogP contribution in [-0.2, 0) is 40.0 Å². The summed E-state index contributed by atoms with van der Waals surface area (Å²) < 4.78 is 0. The van der Waals surface area contributed by atoms with E-state index in [1.165, 1.54) is 12.5 Å². The minimum Gasteiger partial charge on any atom is -0.368 e. The molecule has 1 aromatic rings. The summed E-state index contributed by atoms with van der Waals surface area (Å²) in [4.78, 5) is 90.8. The number of aromatic amines is 1. The third kappa shape index (κ3) is 11.0. The van der Waals surface area contributed by atoms with Gasteiger partial charge in [0.15, 0.2) is 0 Å². The smallest absolute Gasteiger partial charge is 0.243 e. The van der Waals surface area contributed by atoms with E-state index >= 15 is 0 Å². The number of nitrogens with one attached hydrogen (secondary N) is 5. The quantitative estimate of drug-likeness (QED) is 0.101. The molecule has 0 aliphatic rings. The normalized spacial score (nSPS) is 14.7. The van der Waals surface area contributed by atoms with Gasteiger partial charge in [-0.15, -0.1) is 0 Å². The molecule has 1 rings (SSSR count). The van der Waals surface area contributed by atoms with Crippen molar-refractivity contribution in [1.29, 1.82) is 0 Å². The molecule has 15 heteroatoms. The van der Waals surface area contributed by atoms with E-state index < -0.39 is 66.5 Å². The summed E-state index contributed by atoms with van der Waals surface area (Å²) in [6.07, 6.45) is 2.94. The molecule has 5 amide bonds. The van der Waals surface area contributed by atoms with E-state index in [2.05, 4.69) is 31.2 Å². The molecule has 0 spiro atoms. The second-order valence-electron chi connectivity index (χ2n) is 8.36. The fourth-order valence-electron chi connectivity index (χ4n) is 3.03. The number of nitrogens with two attached hydrogens (primary N) is 2. The lowest BCUT2D eigenvalue weighted by atomic mass is 10.1. The number of H-pyrrole nitrogens is 1. The summed E-state index contributed by atoms with van der Waals surface area (Å²) in [6, 6.07) is -5.55. The van der Waals surface area contributed by atoms with Crippen LogP contribution in [0, 0.1) is 0 Å². The van der Waals surface area contributed by atoms with Crippen molar-refractivity contribution in [2.45, 2.75) is 76.2 Å². The van der Waals surface area contributed by atoms with Crippen LogP contribution in [0.3, 0.4) is 0 Å². The highest BCUT2D eigenvalue weighted by molar-refractivity contribution is 5.97. The Bertz CT molecular complexity index is 953. The molecule has 0 saturated heterocycles. The van der Waals surface area contributed by atoms with Crippen molar-refractivity contribution in [3.8, 4) is 0 Å². The van der Waals surface area contributed by atoms with Crippen molar-refractivity contribution >= 4 is 42.1 Å². The lowest BCUT2D eigenvalue weighted by molar-refractivity contribution is -0.135. The van der Waals surface area contributed by atoms with E-state index in [-0.39, 0.29) is 18.9 Å². The van der Waals surface area contributed by atoms with E-state index in [0.717, 1.165) is 0 Å². The minimum atomic E-state index is -1.49. The summed E-state index contributed by atoms with van der Waals surface area (Å²) in [6.45, 7) is 3.59. The summed E-state index contributed by atoms with van der Waals surface area (Å²) in [5, 5.41) is 9.74. The molecule has 1 aromatic heterocycles. The Kier molecular flexibility index (Phi) is 13.2. The number of primary amides is 1. The van der Waals surface area contributed by atoms with Crippen LogP contribution in [0.25, 0.3) is 0 Å². The molecule has 15 nitrogen and oxygen atoms in total. The first-order valence-corrected chi connectivity index (χ1v) is 11.6. The Balaban J connectivity index is 3.16. The van der Waals surface area contributed by atoms with E-state index in [1.54, 1.807) is 6.92 Å². The molecular weight excluding hydrogens is 488 g/mol. The number of aldehydes is 2. The van der Waals surface area contributed by atoms with Crippen LogP contribution >= 0.6 is 0 Å². The maximum absolute atomic E-state index is 13.2. The van der Waals surface area contributed by atoms with Gasteiger partial charge in [0, 0.05) is 37.2 Å². The lowest BCUT2D eigenvalue weighted by Gasteiger charge is -2.25. The molecule has 0 saturated carbocycles. The fourth-order valence-corrected chi connectivity index (χ4v) is 3.03. The van der Waals surface area contributed by atoms with Gasteiger partial charge < -0.3 is 47.3 Å². The highest BCUT2D eigenvalue weighted by atomic mass is 16.2. The van der Waals surface area contributed by atoms with E-state index in [1.807, 2.05) is 6.92 Å². The summed E-state index contributed by atoms with van der Waals surface area (Å²) in [5.74, 6) is -4.14. The van der Waals surface area contributed by atoms with Crippen molar-refractivity contribution in [3.63, 3.8) is 0 Å². The number of carbonyl (C=O) groups is 7. The maximum Gasteiger partial charge on any atom is 0.243 e. The maximum atomic E-state index is 13.2. The molecule has 1 heterocycles. The van der Waals surface area contributed by atoms with Gasteiger partial charge >= 0.3 is 0 Å². The van der Waals surface area contributed by atoms with Crippen LogP contribution in [0.5, 0.6) is 0 Å². The molecule has 0 aliphatic carbocycles. The fraction of sp³-hybridized carbons (Fsp3) is 0.545. The Morgan fingerprint density at radius 2 is 1.54 bits per heavy atom. The Morgan fingerprint density at radius 1 is 0.946 bits per heavy atom. The number of hydrogen-bond acceptors (Lipinski definition) is 9. The van der Waals surface area contributed by atoms with E-state index in [4.69, 9.17) is 11.5 Å². The highest BCUT2D eigenvalue weighted by Crippen LogP contribution is 2.04. The summed E-state index contributed by atoms with van der Waals surface area (Å²) in [7, 11) is 0. The molecule has 0 aromatic carbocycles. The van der Waals surface area contributed by atoms with Gasteiger partial charge in [-0.25, -0.2) is 4.98 Å². The van der Waals surface area contributed by atoms with Crippen molar-refractivity contribution in [2.24, 2.45) is 11.5 Å². The number of nitrogens with zero attached hydrogens (tertiary/aromatic N) is 1. The van der Waals surface area contributed by atoms with Gasteiger partial charge in [-0.3, -0.25) is 24.0 Å². The van der Waals surface area contributed by atoms with Gasteiger partial charge in [-0.05, 0) is 13.3 Å². The van der Waals surface area contributed by atoms with Crippen molar-refractivity contribution in [1.82, 2.24) is 31.2 Å². The minimum absolute atomic E-state index is 0.0894. The zero-order chi connectivity index (χ0) is 28.0. The van der Waals surface area contributed by atoms with Crippen LogP contribution in [0.2, 0.25) is 0 Å². The third-order valence-corrected chi connectivity index (χ3v) is 5.33. The number of rotatable bonds is 17. The van der Waals surface area contributed by atoms with Crippen LogP contribution in [0.15, 0.2) is 12.5 Å². The van der Waals surface area contributed by atoms with Gasteiger partial charge in [-0.2, -0.15) is 0 Å². The zero-order valence-electron chi connectivity index (χ0n) is 20.7. The summed E-state index contributed by atoms with van der Waals surface area (Å²) in [5.41, 5.74) is 11.3. The molecule has 0 radical (unpaired) electrons. The number of hydrogen-bond donors (Lipinski definition) is 7.